The van der Waals surface area contributed by atoms with Crippen LogP contribution in [-0.2, 0) is 19.1 Å². The van der Waals surface area contributed by atoms with Gasteiger partial charge in [-0.15, -0.1) is 0 Å². The van der Waals surface area contributed by atoms with Crippen molar-refractivity contribution < 1.29 is 24.2 Å². The number of hydrogen-bond acceptors (Lipinski definition) is 5. The zero-order valence-corrected chi connectivity index (χ0v) is 28.4. The van der Waals surface area contributed by atoms with E-state index >= 15 is 0 Å². The van der Waals surface area contributed by atoms with Crippen molar-refractivity contribution in [2.45, 2.75) is 207 Å². The summed E-state index contributed by atoms with van der Waals surface area (Å²) >= 11 is 0. The Morgan fingerprint density at radius 1 is 0.476 bits per heavy atom. The van der Waals surface area contributed by atoms with E-state index in [0.717, 1.165) is 31.6 Å². The quantitative estimate of drug-likeness (QED) is 0.0602. The first-order valence-corrected chi connectivity index (χ1v) is 18.4. The normalized spacial score (nSPS) is 12.1. The third kappa shape index (κ3) is 33.4. The molecule has 0 saturated heterocycles. The molecule has 0 aliphatic rings. The first kappa shape index (κ1) is 40.9. The summed E-state index contributed by atoms with van der Waals surface area (Å²) in [6, 6.07) is 0. The van der Waals surface area contributed by atoms with Gasteiger partial charge in [-0.1, -0.05) is 175 Å². The van der Waals surface area contributed by atoms with Gasteiger partial charge in [0, 0.05) is 12.8 Å². The number of aliphatic hydroxyl groups excluding tert-OH is 1. The number of esters is 2. The average Bonchev–Trinajstić information content (AvgIpc) is 2.97. The Hall–Kier alpha value is -1.10. The van der Waals surface area contributed by atoms with Crippen LogP contribution in [0.25, 0.3) is 0 Å². The Bertz CT molecular complexity index is 577. The largest absolute Gasteiger partial charge is 0.463 e. The van der Waals surface area contributed by atoms with Gasteiger partial charge in [0.1, 0.15) is 19.3 Å². The van der Waals surface area contributed by atoms with Gasteiger partial charge in [-0.05, 0) is 18.8 Å². The number of aliphatic hydroxyl groups is 1. The molecule has 42 heavy (non-hydrogen) atoms. The second-order valence-corrected chi connectivity index (χ2v) is 13.2. The maximum Gasteiger partial charge on any atom is 0.305 e. The fraction of sp³-hybridized carbons (Fsp3) is 0.946. The van der Waals surface area contributed by atoms with E-state index in [4.69, 9.17) is 9.47 Å². The number of carbonyl (C=O) groups is 2. The summed E-state index contributed by atoms with van der Waals surface area (Å²) in [6.45, 7) is 6.66. The van der Waals surface area contributed by atoms with Crippen LogP contribution in [0.5, 0.6) is 0 Å². The highest BCUT2D eigenvalue weighted by Gasteiger charge is 2.12. The van der Waals surface area contributed by atoms with E-state index in [-0.39, 0.29) is 25.2 Å². The summed E-state index contributed by atoms with van der Waals surface area (Å²) in [5.41, 5.74) is 0. The molecule has 5 heteroatoms. The molecule has 0 aromatic carbocycles. The van der Waals surface area contributed by atoms with E-state index in [1.807, 2.05) is 0 Å². The highest BCUT2D eigenvalue weighted by atomic mass is 16.6. The van der Waals surface area contributed by atoms with Gasteiger partial charge < -0.3 is 14.6 Å². The fourth-order valence-electron chi connectivity index (χ4n) is 5.45. The van der Waals surface area contributed by atoms with E-state index in [0.29, 0.717) is 12.8 Å². The highest BCUT2D eigenvalue weighted by Crippen LogP contribution is 2.15. The van der Waals surface area contributed by atoms with Crippen LogP contribution in [0.2, 0.25) is 0 Å². The molecule has 0 radical (unpaired) electrons. The molecule has 0 bridgehead atoms. The molecular weight excluding hydrogens is 524 g/mol. The van der Waals surface area contributed by atoms with Gasteiger partial charge >= 0.3 is 11.9 Å². The van der Waals surface area contributed by atoms with E-state index < -0.39 is 6.10 Å². The van der Waals surface area contributed by atoms with Gasteiger partial charge in [0.05, 0.1) is 0 Å². The number of carbonyl (C=O) groups excluding carboxylic acids is 2. The molecule has 0 fully saturated rings. The monoisotopic (exact) mass is 597 g/mol. The molecule has 0 aliphatic carbocycles. The van der Waals surface area contributed by atoms with E-state index in [1.54, 1.807) is 0 Å². The molecular formula is C37H72O5. The summed E-state index contributed by atoms with van der Waals surface area (Å²) in [4.78, 5) is 23.8. The second-order valence-electron chi connectivity index (χ2n) is 13.2. The zero-order valence-electron chi connectivity index (χ0n) is 28.4. The lowest BCUT2D eigenvalue weighted by Gasteiger charge is -2.12. The molecule has 1 N–H and O–H groups in total. The Morgan fingerprint density at radius 2 is 0.762 bits per heavy atom. The Kier molecular flexibility index (Phi) is 31.9. The van der Waals surface area contributed by atoms with Crippen molar-refractivity contribution in [1.29, 1.82) is 0 Å². The molecule has 0 rings (SSSR count). The van der Waals surface area contributed by atoms with Crippen LogP contribution >= 0.6 is 0 Å². The fourth-order valence-corrected chi connectivity index (χ4v) is 5.45. The number of hydrogen-bond donors (Lipinski definition) is 1. The van der Waals surface area contributed by atoms with Crippen LogP contribution in [0.1, 0.15) is 201 Å². The van der Waals surface area contributed by atoms with E-state index in [1.165, 1.54) is 141 Å². The maximum atomic E-state index is 11.9. The minimum Gasteiger partial charge on any atom is -0.463 e. The van der Waals surface area contributed by atoms with Crippen molar-refractivity contribution in [3.05, 3.63) is 0 Å². The summed E-state index contributed by atoms with van der Waals surface area (Å²) in [5.74, 6) is 0.300. The van der Waals surface area contributed by atoms with Crippen molar-refractivity contribution in [3.8, 4) is 0 Å². The highest BCUT2D eigenvalue weighted by molar-refractivity contribution is 5.69. The van der Waals surface area contributed by atoms with Gasteiger partial charge in [0.15, 0.2) is 0 Å². The van der Waals surface area contributed by atoms with Crippen molar-refractivity contribution in [2.75, 3.05) is 13.2 Å². The molecule has 0 unspecified atom stereocenters. The Labute approximate surface area is 261 Å². The predicted octanol–water partition coefficient (Wildman–Crippen LogP) is 11.0. The summed E-state index contributed by atoms with van der Waals surface area (Å²) in [7, 11) is 0. The van der Waals surface area contributed by atoms with Crippen molar-refractivity contribution in [3.63, 3.8) is 0 Å². The first-order valence-electron chi connectivity index (χ1n) is 18.4. The van der Waals surface area contributed by atoms with Crippen molar-refractivity contribution in [1.82, 2.24) is 0 Å². The van der Waals surface area contributed by atoms with Crippen molar-refractivity contribution >= 4 is 11.9 Å². The standard InChI is InChI=1S/C37H72O5/c1-4-5-6-7-8-9-18-21-24-27-30-36(39)41-32-35(38)33-42-37(40)31-28-25-22-19-16-14-12-10-11-13-15-17-20-23-26-29-34(2)3/h34-35,38H,4-33H2,1-3H3/t35-/m1/s1. The minimum absolute atomic E-state index is 0.108. The molecule has 0 aliphatic heterocycles. The van der Waals surface area contributed by atoms with Crippen LogP contribution in [0.3, 0.4) is 0 Å². The number of rotatable bonds is 33. The summed E-state index contributed by atoms with van der Waals surface area (Å²) in [5, 5.41) is 9.97. The third-order valence-corrected chi connectivity index (χ3v) is 8.27. The molecule has 1 atom stereocenters. The third-order valence-electron chi connectivity index (χ3n) is 8.27. The molecule has 0 spiro atoms. The molecule has 0 amide bonds. The molecule has 0 aromatic rings. The Balaban J connectivity index is 3.37. The van der Waals surface area contributed by atoms with Crippen LogP contribution in [0.15, 0.2) is 0 Å². The lowest BCUT2D eigenvalue weighted by atomic mass is 10.0. The maximum absolute atomic E-state index is 11.9. The lowest BCUT2D eigenvalue weighted by Crippen LogP contribution is -2.25. The van der Waals surface area contributed by atoms with Crippen LogP contribution in [0.4, 0.5) is 0 Å². The van der Waals surface area contributed by atoms with Crippen LogP contribution in [0, 0.1) is 5.92 Å². The minimum atomic E-state index is -0.954. The lowest BCUT2D eigenvalue weighted by molar-refractivity contribution is -0.152. The summed E-state index contributed by atoms with van der Waals surface area (Å²) < 4.78 is 10.3. The smallest absolute Gasteiger partial charge is 0.305 e. The average molecular weight is 597 g/mol. The molecule has 250 valence electrons. The number of ether oxygens (including phenoxy) is 2. The van der Waals surface area contributed by atoms with Crippen molar-refractivity contribution in [2.24, 2.45) is 5.92 Å². The molecule has 0 saturated carbocycles. The van der Waals surface area contributed by atoms with E-state index in [2.05, 4.69) is 20.8 Å². The van der Waals surface area contributed by atoms with Gasteiger partial charge in [0.2, 0.25) is 0 Å². The summed E-state index contributed by atoms with van der Waals surface area (Å²) in [6.07, 6.45) is 33.0. The van der Waals surface area contributed by atoms with Gasteiger partial charge in [-0.2, -0.15) is 0 Å². The second kappa shape index (κ2) is 32.8. The molecule has 5 nitrogen and oxygen atoms in total. The SMILES string of the molecule is CCCCCCCCCCCCC(=O)OC[C@@H](O)COC(=O)CCCCCCCCCCCCCCCCCC(C)C. The molecule has 0 heterocycles. The van der Waals surface area contributed by atoms with Gasteiger partial charge in [0.25, 0.3) is 0 Å². The van der Waals surface area contributed by atoms with Gasteiger partial charge in [-0.3, -0.25) is 9.59 Å². The zero-order chi connectivity index (χ0) is 30.9. The first-order chi connectivity index (χ1) is 20.5. The van der Waals surface area contributed by atoms with Gasteiger partial charge in [-0.25, -0.2) is 0 Å². The molecule has 0 aromatic heterocycles. The topological polar surface area (TPSA) is 72.8 Å². The van der Waals surface area contributed by atoms with Crippen LogP contribution < -0.4 is 0 Å². The number of unbranched alkanes of at least 4 members (excludes halogenated alkanes) is 23. The van der Waals surface area contributed by atoms with Crippen LogP contribution in [-0.4, -0.2) is 36.4 Å². The Morgan fingerprint density at radius 3 is 1.07 bits per heavy atom. The predicted molar refractivity (Wildman–Crippen MR) is 178 cm³/mol. The van der Waals surface area contributed by atoms with E-state index in [9.17, 15) is 14.7 Å².